The zero-order valence-corrected chi connectivity index (χ0v) is 13.7. The lowest BCUT2D eigenvalue weighted by atomic mass is 10.1. The van der Waals surface area contributed by atoms with Crippen LogP contribution in [0.25, 0.3) is 0 Å². The largest absolute Gasteiger partial charge is 0.493 e. The Morgan fingerprint density at radius 1 is 1.24 bits per heavy atom. The maximum atomic E-state index is 8.74. The van der Waals surface area contributed by atoms with Crippen LogP contribution in [0.3, 0.4) is 0 Å². The molecule has 1 aromatic carbocycles. The number of methoxy groups -OCH3 is 1. The Balaban J connectivity index is 2.63. The Morgan fingerprint density at radius 3 is 2.71 bits per heavy atom. The van der Waals surface area contributed by atoms with Crippen molar-refractivity contribution in [1.82, 2.24) is 5.32 Å². The SMILES string of the molecule is CCCOc1c(CNCCCCCO)cc(Cl)cc1OC. The van der Waals surface area contributed by atoms with E-state index < -0.39 is 0 Å². The van der Waals surface area contributed by atoms with Crippen LogP contribution >= 0.6 is 11.6 Å². The molecule has 0 spiro atoms. The summed E-state index contributed by atoms with van der Waals surface area (Å²) in [4.78, 5) is 0. The summed E-state index contributed by atoms with van der Waals surface area (Å²) in [5.41, 5.74) is 1.01. The molecular formula is C16H26ClNO3. The summed E-state index contributed by atoms with van der Waals surface area (Å²) in [6.45, 7) is 4.58. The van der Waals surface area contributed by atoms with Gasteiger partial charge in [-0.25, -0.2) is 0 Å². The molecule has 1 rings (SSSR count). The minimum Gasteiger partial charge on any atom is -0.493 e. The topological polar surface area (TPSA) is 50.7 Å². The zero-order chi connectivity index (χ0) is 15.5. The minimum absolute atomic E-state index is 0.264. The van der Waals surface area contributed by atoms with Gasteiger partial charge in [-0.15, -0.1) is 0 Å². The molecule has 0 unspecified atom stereocenters. The van der Waals surface area contributed by atoms with Crippen LogP contribution in [0.15, 0.2) is 12.1 Å². The quantitative estimate of drug-likeness (QED) is 0.615. The first-order chi connectivity index (χ1) is 10.2. The van der Waals surface area contributed by atoms with Crippen molar-refractivity contribution >= 4 is 11.6 Å². The number of rotatable bonds is 11. The van der Waals surface area contributed by atoms with Gasteiger partial charge in [0.15, 0.2) is 11.5 Å². The second kappa shape index (κ2) is 10.7. The number of ether oxygens (including phenoxy) is 2. The highest BCUT2D eigenvalue weighted by molar-refractivity contribution is 6.30. The van der Waals surface area contributed by atoms with Gasteiger partial charge in [0.25, 0.3) is 0 Å². The van der Waals surface area contributed by atoms with Crippen LogP contribution in [-0.2, 0) is 6.54 Å². The van der Waals surface area contributed by atoms with Crippen LogP contribution < -0.4 is 14.8 Å². The van der Waals surface area contributed by atoms with Crippen molar-refractivity contribution in [2.45, 2.75) is 39.2 Å². The highest BCUT2D eigenvalue weighted by Gasteiger charge is 2.12. The maximum Gasteiger partial charge on any atom is 0.165 e. The smallest absolute Gasteiger partial charge is 0.165 e. The first-order valence-corrected chi connectivity index (χ1v) is 7.91. The maximum absolute atomic E-state index is 8.74. The number of unbranched alkanes of at least 4 members (excludes halogenated alkanes) is 2. The van der Waals surface area contributed by atoms with E-state index in [1.807, 2.05) is 6.07 Å². The van der Waals surface area contributed by atoms with Gasteiger partial charge in [-0.2, -0.15) is 0 Å². The van der Waals surface area contributed by atoms with Crippen molar-refractivity contribution in [3.05, 3.63) is 22.7 Å². The molecule has 1 aromatic rings. The summed E-state index contributed by atoms with van der Waals surface area (Å²) in [5, 5.41) is 12.8. The molecule has 4 nitrogen and oxygen atoms in total. The molecule has 0 atom stereocenters. The van der Waals surface area contributed by atoms with Crippen molar-refractivity contribution in [3.8, 4) is 11.5 Å². The van der Waals surface area contributed by atoms with Crippen LogP contribution in [0.5, 0.6) is 11.5 Å². The monoisotopic (exact) mass is 315 g/mol. The fourth-order valence-electron chi connectivity index (χ4n) is 2.04. The van der Waals surface area contributed by atoms with Crippen molar-refractivity contribution in [2.75, 3.05) is 26.9 Å². The molecule has 0 aliphatic carbocycles. The van der Waals surface area contributed by atoms with E-state index in [1.165, 1.54) is 0 Å². The highest BCUT2D eigenvalue weighted by Crippen LogP contribution is 2.34. The van der Waals surface area contributed by atoms with E-state index in [0.29, 0.717) is 23.9 Å². The molecule has 0 bridgehead atoms. The van der Waals surface area contributed by atoms with Gasteiger partial charge in [-0.1, -0.05) is 18.5 Å². The first-order valence-electron chi connectivity index (χ1n) is 7.53. The van der Waals surface area contributed by atoms with Crippen molar-refractivity contribution in [3.63, 3.8) is 0 Å². The predicted molar refractivity (Wildman–Crippen MR) is 86.4 cm³/mol. The number of hydrogen-bond donors (Lipinski definition) is 2. The Kier molecular flexibility index (Phi) is 9.22. The summed E-state index contributed by atoms with van der Waals surface area (Å²) in [6.07, 6.45) is 3.88. The summed E-state index contributed by atoms with van der Waals surface area (Å²) in [7, 11) is 1.62. The van der Waals surface area contributed by atoms with Gasteiger partial charge in [-0.3, -0.25) is 0 Å². The molecule has 120 valence electrons. The van der Waals surface area contributed by atoms with Gasteiger partial charge in [0.2, 0.25) is 0 Å². The summed E-state index contributed by atoms with van der Waals surface area (Å²) >= 11 is 6.12. The van der Waals surface area contributed by atoms with E-state index >= 15 is 0 Å². The average Bonchev–Trinajstić information content (AvgIpc) is 2.49. The van der Waals surface area contributed by atoms with Gasteiger partial charge >= 0.3 is 0 Å². The third kappa shape index (κ3) is 6.55. The number of hydrogen-bond acceptors (Lipinski definition) is 4. The third-order valence-electron chi connectivity index (χ3n) is 3.09. The van der Waals surface area contributed by atoms with Gasteiger partial charge in [0, 0.05) is 29.8 Å². The first kappa shape index (κ1) is 18.1. The molecule has 5 heteroatoms. The molecule has 0 aromatic heterocycles. The van der Waals surface area contributed by atoms with E-state index in [2.05, 4.69) is 12.2 Å². The fourth-order valence-corrected chi connectivity index (χ4v) is 2.27. The van der Waals surface area contributed by atoms with E-state index in [1.54, 1.807) is 13.2 Å². The van der Waals surface area contributed by atoms with E-state index in [0.717, 1.165) is 43.5 Å². The molecule has 0 saturated heterocycles. The van der Waals surface area contributed by atoms with E-state index in [4.69, 9.17) is 26.2 Å². The standard InChI is InChI=1S/C16H26ClNO3/c1-3-9-21-16-13(10-14(17)11-15(16)20-2)12-18-7-5-4-6-8-19/h10-11,18-19H,3-9,12H2,1-2H3. The van der Waals surface area contributed by atoms with Crippen LogP contribution in [0, 0.1) is 0 Å². The molecule has 21 heavy (non-hydrogen) atoms. The van der Waals surface area contributed by atoms with Crippen molar-refractivity contribution in [1.29, 1.82) is 0 Å². The van der Waals surface area contributed by atoms with Crippen LogP contribution in [0.4, 0.5) is 0 Å². The van der Waals surface area contributed by atoms with Gasteiger partial charge in [0.05, 0.1) is 13.7 Å². The number of aliphatic hydroxyl groups excluding tert-OH is 1. The Morgan fingerprint density at radius 2 is 2.05 bits per heavy atom. The van der Waals surface area contributed by atoms with Gasteiger partial charge in [0.1, 0.15) is 0 Å². The fraction of sp³-hybridized carbons (Fsp3) is 0.625. The second-order valence-corrected chi connectivity index (χ2v) is 5.34. The molecule has 0 heterocycles. The second-order valence-electron chi connectivity index (χ2n) is 4.91. The van der Waals surface area contributed by atoms with Gasteiger partial charge < -0.3 is 19.9 Å². The zero-order valence-electron chi connectivity index (χ0n) is 13.0. The Labute approximate surface area is 132 Å². The lowest BCUT2D eigenvalue weighted by molar-refractivity contribution is 0.282. The lowest BCUT2D eigenvalue weighted by Crippen LogP contribution is -2.16. The molecule has 0 saturated carbocycles. The Bertz CT molecular complexity index is 413. The Hall–Kier alpha value is -0.970. The van der Waals surface area contributed by atoms with E-state index in [-0.39, 0.29) is 6.61 Å². The third-order valence-corrected chi connectivity index (χ3v) is 3.31. The number of aliphatic hydroxyl groups is 1. The number of benzene rings is 1. The molecule has 0 amide bonds. The highest BCUT2D eigenvalue weighted by atomic mass is 35.5. The van der Waals surface area contributed by atoms with Crippen molar-refractivity contribution in [2.24, 2.45) is 0 Å². The normalized spacial score (nSPS) is 10.7. The molecule has 0 fully saturated rings. The van der Waals surface area contributed by atoms with Crippen LogP contribution in [-0.4, -0.2) is 32.0 Å². The summed E-state index contributed by atoms with van der Waals surface area (Å²) in [6, 6.07) is 3.69. The molecule has 0 radical (unpaired) electrons. The molecular weight excluding hydrogens is 290 g/mol. The molecule has 0 aliphatic heterocycles. The summed E-state index contributed by atoms with van der Waals surface area (Å²) in [5.74, 6) is 1.44. The van der Waals surface area contributed by atoms with Crippen molar-refractivity contribution < 1.29 is 14.6 Å². The predicted octanol–water partition coefficient (Wildman–Crippen LogP) is 3.39. The van der Waals surface area contributed by atoms with E-state index in [9.17, 15) is 0 Å². The number of halogens is 1. The molecule has 2 N–H and O–H groups in total. The minimum atomic E-state index is 0.264. The number of nitrogens with one attached hydrogen (secondary N) is 1. The van der Waals surface area contributed by atoms with Gasteiger partial charge in [-0.05, 0) is 38.3 Å². The summed E-state index contributed by atoms with van der Waals surface area (Å²) < 4.78 is 11.2. The lowest BCUT2D eigenvalue weighted by Gasteiger charge is -2.16. The molecule has 0 aliphatic rings. The van der Waals surface area contributed by atoms with Crippen LogP contribution in [0.1, 0.15) is 38.2 Å². The van der Waals surface area contributed by atoms with Crippen LogP contribution in [0.2, 0.25) is 5.02 Å². The average molecular weight is 316 g/mol.